The van der Waals surface area contributed by atoms with Gasteiger partial charge in [-0.3, -0.25) is 4.79 Å². The Balaban J connectivity index is 1.50. The van der Waals surface area contributed by atoms with Gasteiger partial charge in [-0.2, -0.15) is 8.78 Å². The molecule has 1 amide bonds. The van der Waals surface area contributed by atoms with E-state index in [1.807, 2.05) is 0 Å². The number of rotatable bonds is 9. The lowest BCUT2D eigenvalue weighted by Gasteiger charge is -2.08. The van der Waals surface area contributed by atoms with Gasteiger partial charge in [0.25, 0.3) is 0 Å². The smallest absolute Gasteiger partial charge is 0.387 e. The number of thiazole rings is 1. The summed E-state index contributed by atoms with van der Waals surface area (Å²) in [6.45, 7) is -2.90. The van der Waals surface area contributed by atoms with Gasteiger partial charge < -0.3 is 14.8 Å². The summed E-state index contributed by atoms with van der Waals surface area (Å²) in [5, 5.41) is 4.52. The summed E-state index contributed by atoms with van der Waals surface area (Å²) >= 11 is 1.14. The SMILES string of the molecule is O=C(CCCOc1ccc(F)cc1F)Nc1nc(-c2ccccc2OC(F)F)cs1. The van der Waals surface area contributed by atoms with E-state index in [0.29, 0.717) is 28.9 Å². The molecule has 0 radical (unpaired) electrons. The van der Waals surface area contributed by atoms with E-state index in [2.05, 4.69) is 15.0 Å². The highest BCUT2D eigenvalue weighted by molar-refractivity contribution is 7.14. The predicted octanol–water partition coefficient (Wildman–Crippen LogP) is 5.49. The Kier molecular flexibility index (Phi) is 7.23. The molecule has 0 bridgehead atoms. The molecule has 0 aliphatic carbocycles. The van der Waals surface area contributed by atoms with E-state index in [1.165, 1.54) is 12.1 Å². The minimum atomic E-state index is -2.96. The second-order valence-electron chi connectivity index (χ2n) is 5.99. The highest BCUT2D eigenvalue weighted by atomic mass is 32.1. The number of nitrogens with zero attached hydrogens (tertiary/aromatic N) is 1. The molecule has 1 N–H and O–H groups in total. The summed E-state index contributed by atoms with van der Waals surface area (Å²) in [7, 11) is 0. The van der Waals surface area contributed by atoms with Crippen LogP contribution in [-0.4, -0.2) is 24.1 Å². The molecule has 5 nitrogen and oxygen atoms in total. The first-order valence-corrected chi connectivity index (χ1v) is 9.68. The molecule has 0 saturated heterocycles. The molecular weight excluding hydrogens is 424 g/mol. The number of anilines is 1. The average Bonchev–Trinajstić information content (AvgIpc) is 3.14. The number of amides is 1. The normalized spacial score (nSPS) is 10.8. The van der Waals surface area contributed by atoms with E-state index >= 15 is 0 Å². The van der Waals surface area contributed by atoms with Crippen LogP contribution in [0.3, 0.4) is 0 Å². The van der Waals surface area contributed by atoms with E-state index in [4.69, 9.17) is 4.74 Å². The van der Waals surface area contributed by atoms with Crippen molar-refractivity contribution >= 4 is 22.4 Å². The summed E-state index contributed by atoms with van der Waals surface area (Å²) in [6.07, 6.45) is 0.384. The van der Waals surface area contributed by atoms with Crippen LogP contribution in [0.4, 0.5) is 22.7 Å². The van der Waals surface area contributed by atoms with E-state index < -0.39 is 18.2 Å². The van der Waals surface area contributed by atoms with Crippen molar-refractivity contribution in [1.29, 1.82) is 0 Å². The van der Waals surface area contributed by atoms with Crippen LogP contribution in [0.25, 0.3) is 11.3 Å². The second kappa shape index (κ2) is 10.1. The number of benzene rings is 2. The number of halogens is 4. The number of ether oxygens (including phenoxy) is 2. The van der Waals surface area contributed by atoms with Gasteiger partial charge in [-0.1, -0.05) is 12.1 Å². The van der Waals surface area contributed by atoms with Gasteiger partial charge in [-0.05, 0) is 30.7 Å². The van der Waals surface area contributed by atoms with Gasteiger partial charge in [-0.25, -0.2) is 13.8 Å². The Labute approximate surface area is 173 Å². The van der Waals surface area contributed by atoms with Crippen LogP contribution < -0.4 is 14.8 Å². The number of hydrogen-bond donors (Lipinski definition) is 1. The molecule has 0 saturated carbocycles. The number of para-hydroxylation sites is 1. The van der Waals surface area contributed by atoms with Crippen LogP contribution in [0.2, 0.25) is 0 Å². The molecule has 0 spiro atoms. The molecule has 30 heavy (non-hydrogen) atoms. The highest BCUT2D eigenvalue weighted by Crippen LogP contribution is 2.33. The van der Waals surface area contributed by atoms with Gasteiger partial charge in [0.1, 0.15) is 11.6 Å². The van der Waals surface area contributed by atoms with Crippen molar-refractivity contribution in [3.8, 4) is 22.8 Å². The van der Waals surface area contributed by atoms with Crippen LogP contribution in [-0.2, 0) is 4.79 Å². The minimum Gasteiger partial charge on any atom is -0.491 e. The summed E-state index contributed by atoms with van der Waals surface area (Å²) < 4.78 is 61.1. The van der Waals surface area contributed by atoms with E-state index in [1.54, 1.807) is 23.6 Å². The van der Waals surface area contributed by atoms with Crippen LogP contribution in [0.5, 0.6) is 11.5 Å². The lowest BCUT2D eigenvalue weighted by molar-refractivity contribution is -0.116. The molecule has 1 heterocycles. The average molecular weight is 440 g/mol. The van der Waals surface area contributed by atoms with Gasteiger partial charge in [0, 0.05) is 23.4 Å². The molecule has 0 aliphatic heterocycles. The van der Waals surface area contributed by atoms with Gasteiger partial charge in [0.15, 0.2) is 16.7 Å². The van der Waals surface area contributed by atoms with Crippen LogP contribution in [0, 0.1) is 11.6 Å². The van der Waals surface area contributed by atoms with Crippen molar-refractivity contribution in [2.75, 3.05) is 11.9 Å². The number of nitrogens with one attached hydrogen (secondary N) is 1. The number of alkyl halides is 2. The largest absolute Gasteiger partial charge is 0.491 e. The topological polar surface area (TPSA) is 60.5 Å². The first-order chi connectivity index (χ1) is 14.4. The fraction of sp³-hybridized carbons (Fsp3) is 0.200. The number of hydrogen-bond acceptors (Lipinski definition) is 5. The van der Waals surface area contributed by atoms with E-state index in [-0.39, 0.29) is 30.4 Å². The third-order valence-corrected chi connectivity index (χ3v) is 4.59. The third kappa shape index (κ3) is 5.93. The van der Waals surface area contributed by atoms with E-state index in [0.717, 1.165) is 17.4 Å². The Bertz CT molecular complexity index is 1010. The fourth-order valence-corrected chi connectivity index (χ4v) is 3.25. The maximum Gasteiger partial charge on any atom is 0.387 e. The summed E-state index contributed by atoms with van der Waals surface area (Å²) in [4.78, 5) is 16.3. The molecule has 0 unspecified atom stereocenters. The lowest BCUT2D eigenvalue weighted by atomic mass is 10.1. The van der Waals surface area contributed by atoms with Crippen molar-refractivity contribution < 1.29 is 31.8 Å². The number of carbonyl (C=O) groups is 1. The van der Waals surface area contributed by atoms with Gasteiger partial charge in [0.05, 0.1) is 12.3 Å². The van der Waals surface area contributed by atoms with Crippen LogP contribution in [0.15, 0.2) is 47.8 Å². The zero-order valence-electron chi connectivity index (χ0n) is 15.4. The molecule has 0 fully saturated rings. The first-order valence-electron chi connectivity index (χ1n) is 8.80. The molecule has 3 aromatic rings. The Morgan fingerprint density at radius 2 is 1.93 bits per heavy atom. The summed E-state index contributed by atoms with van der Waals surface area (Å²) in [5.41, 5.74) is 0.769. The quantitative estimate of drug-likeness (QED) is 0.353. The molecular formula is C20H16F4N2O3S. The first kappa shape index (κ1) is 21.6. The molecule has 158 valence electrons. The van der Waals surface area contributed by atoms with Crippen molar-refractivity contribution in [2.45, 2.75) is 19.5 Å². The van der Waals surface area contributed by atoms with Crippen molar-refractivity contribution in [1.82, 2.24) is 4.98 Å². The van der Waals surface area contributed by atoms with Crippen molar-refractivity contribution in [2.24, 2.45) is 0 Å². The highest BCUT2D eigenvalue weighted by Gasteiger charge is 2.14. The molecule has 10 heteroatoms. The zero-order valence-corrected chi connectivity index (χ0v) is 16.2. The molecule has 3 rings (SSSR count). The van der Waals surface area contributed by atoms with Crippen LogP contribution >= 0.6 is 11.3 Å². The number of carbonyl (C=O) groups excluding carboxylic acids is 1. The van der Waals surface area contributed by atoms with Gasteiger partial charge in [0.2, 0.25) is 5.91 Å². The molecule has 0 aliphatic rings. The van der Waals surface area contributed by atoms with Gasteiger partial charge >= 0.3 is 6.61 Å². The van der Waals surface area contributed by atoms with Crippen molar-refractivity contribution in [3.05, 3.63) is 59.5 Å². The standard InChI is InChI=1S/C20H16F4N2O3S/c21-12-7-8-17(14(22)10-12)28-9-3-6-18(27)26-20-25-15(11-30-20)13-4-1-2-5-16(13)29-19(23)24/h1-2,4-5,7-8,10-11,19H,3,6,9H2,(H,25,26,27). The minimum absolute atomic E-state index is 0.0131. The zero-order chi connectivity index (χ0) is 21.5. The Hall–Kier alpha value is -3.14. The van der Waals surface area contributed by atoms with Crippen LogP contribution in [0.1, 0.15) is 12.8 Å². The van der Waals surface area contributed by atoms with Gasteiger partial charge in [-0.15, -0.1) is 11.3 Å². The Morgan fingerprint density at radius 3 is 2.70 bits per heavy atom. The maximum atomic E-state index is 13.5. The molecule has 0 atom stereocenters. The summed E-state index contributed by atoms with van der Waals surface area (Å²) in [5.74, 6) is -1.96. The molecule has 1 aromatic heterocycles. The second-order valence-corrected chi connectivity index (χ2v) is 6.85. The maximum absolute atomic E-state index is 13.5. The van der Waals surface area contributed by atoms with E-state index in [9.17, 15) is 22.4 Å². The summed E-state index contributed by atoms with van der Waals surface area (Å²) in [6, 6.07) is 9.19. The number of aromatic nitrogens is 1. The lowest BCUT2D eigenvalue weighted by Crippen LogP contribution is -2.12. The third-order valence-electron chi connectivity index (χ3n) is 3.83. The fourth-order valence-electron chi connectivity index (χ4n) is 2.52. The monoisotopic (exact) mass is 440 g/mol. The Morgan fingerprint density at radius 1 is 1.13 bits per heavy atom. The van der Waals surface area contributed by atoms with Crippen molar-refractivity contribution in [3.63, 3.8) is 0 Å². The predicted molar refractivity (Wildman–Crippen MR) is 104 cm³/mol. The molecule has 2 aromatic carbocycles.